The molecule has 4 aromatic carbocycles. The summed E-state index contributed by atoms with van der Waals surface area (Å²) in [6, 6.07) is 33.1. The summed E-state index contributed by atoms with van der Waals surface area (Å²) in [7, 11) is 0. The molecule has 274 valence electrons. The number of benzene rings is 4. The third kappa shape index (κ3) is 7.37. The summed E-state index contributed by atoms with van der Waals surface area (Å²) in [6.07, 6.45) is 5.01. The van der Waals surface area contributed by atoms with Crippen molar-refractivity contribution in [3.05, 3.63) is 130 Å². The second-order valence-electron chi connectivity index (χ2n) is 15.7. The molecule has 0 spiro atoms. The van der Waals surface area contributed by atoms with E-state index in [0.29, 0.717) is 11.5 Å². The van der Waals surface area contributed by atoms with Crippen molar-refractivity contribution in [3.63, 3.8) is 0 Å². The van der Waals surface area contributed by atoms with E-state index in [2.05, 4.69) is 157 Å². The quantitative estimate of drug-likeness (QED) is 0.108. The first kappa shape index (κ1) is 38.2. The number of aromatic nitrogens is 4. The summed E-state index contributed by atoms with van der Waals surface area (Å²) in [5.41, 5.74) is 13.9. The second-order valence-corrected chi connectivity index (χ2v) is 15.7. The molecule has 3 aromatic heterocycles. The number of ether oxygens (including phenoxy) is 1. The maximum atomic E-state index is 6.71. The minimum atomic E-state index is -0.00844. The minimum Gasteiger partial charge on any atom is -0.509 e. The summed E-state index contributed by atoms with van der Waals surface area (Å²) in [6.45, 7) is 22.1. The molecule has 0 aliphatic rings. The number of hydrogen-bond donors (Lipinski definition) is 0. The van der Waals surface area contributed by atoms with Crippen LogP contribution in [0, 0.1) is 39.8 Å². The van der Waals surface area contributed by atoms with Gasteiger partial charge < -0.3 is 9.30 Å². The number of hydrogen-bond acceptors (Lipinski definition) is 3. The van der Waals surface area contributed by atoms with E-state index in [-0.39, 0.29) is 31.8 Å². The molecule has 5 nitrogen and oxygen atoms in total. The number of nitrogens with zero attached hydrogens (tertiary/aromatic N) is 4. The molecule has 0 aliphatic carbocycles. The molecule has 7 rings (SSSR count). The Balaban J connectivity index is 0.00000481. The Morgan fingerprint density at radius 3 is 2.25 bits per heavy atom. The van der Waals surface area contributed by atoms with Crippen LogP contribution in [0.5, 0.6) is 11.5 Å². The van der Waals surface area contributed by atoms with E-state index in [1.807, 2.05) is 12.3 Å². The number of para-hydroxylation sites is 1. The van der Waals surface area contributed by atoms with Gasteiger partial charge in [0, 0.05) is 34.5 Å². The Morgan fingerprint density at radius 1 is 0.811 bits per heavy atom. The Labute approximate surface area is 329 Å². The van der Waals surface area contributed by atoms with E-state index < -0.39 is 0 Å². The van der Waals surface area contributed by atoms with E-state index in [1.165, 1.54) is 44.6 Å². The van der Waals surface area contributed by atoms with Gasteiger partial charge >= 0.3 is 20.4 Å². The van der Waals surface area contributed by atoms with Crippen molar-refractivity contribution in [2.75, 3.05) is 0 Å². The van der Waals surface area contributed by atoms with Crippen LogP contribution in [0.4, 0.5) is 0 Å². The number of unbranched alkanes of at least 4 members (excludes halogenated alkanes) is 1. The summed E-state index contributed by atoms with van der Waals surface area (Å²) >= 11 is 0. The van der Waals surface area contributed by atoms with Gasteiger partial charge in [-0.3, -0.25) is 4.68 Å². The Morgan fingerprint density at radius 2 is 1.55 bits per heavy atom. The topological polar surface area (TPSA) is 44.9 Å². The van der Waals surface area contributed by atoms with Crippen LogP contribution in [0.1, 0.15) is 99.5 Å². The predicted octanol–water partition coefficient (Wildman–Crippen LogP) is 12.4. The van der Waals surface area contributed by atoms with E-state index in [1.54, 1.807) is 0 Å². The molecule has 0 fully saturated rings. The maximum Gasteiger partial charge on any atom is 2.00 e. The molecule has 0 N–H and O–H groups in total. The molecule has 0 atom stereocenters. The SMILES string of the molecule is CCCCc1c(-c2c(C)cc(C)cc2C)c(C)nn1-c1[c-]c(Oc2[c-]c3c(cc2)c2ccccc2n3-c2cc(C(C)(C)C)ccn2)cc(C(C)C)c1.[Pd+2]. The third-order valence-electron chi connectivity index (χ3n) is 10.2. The third-order valence-corrected chi connectivity index (χ3v) is 10.2. The molecular formula is C47H50N4OPd. The largest absolute Gasteiger partial charge is 2.00 e. The molecule has 6 heteroatoms. The van der Waals surface area contributed by atoms with Gasteiger partial charge in [-0.05, 0) is 103 Å². The molecule has 0 aliphatic heterocycles. The van der Waals surface area contributed by atoms with Gasteiger partial charge in [-0.1, -0.05) is 89.4 Å². The molecule has 53 heavy (non-hydrogen) atoms. The van der Waals surface area contributed by atoms with Crippen LogP contribution in [0.2, 0.25) is 0 Å². The summed E-state index contributed by atoms with van der Waals surface area (Å²) in [4.78, 5) is 4.85. The van der Waals surface area contributed by atoms with E-state index in [0.717, 1.165) is 58.3 Å². The zero-order chi connectivity index (χ0) is 36.9. The van der Waals surface area contributed by atoms with E-state index in [4.69, 9.17) is 14.8 Å². The van der Waals surface area contributed by atoms with Crippen LogP contribution in [0.3, 0.4) is 0 Å². The first-order valence-corrected chi connectivity index (χ1v) is 18.7. The fourth-order valence-electron chi connectivity index (χ4n) is 7.60. The molecule has 7 aromatic rings. The standard InChI is InChI=1S/C47H50N4O.Pd/c1-11-12-16-42-46(45-31(5)22-30(4)23-32(45)6)33(7)49-51(42)36-24-34(29(2)3)25-38(27-36)52-37-18-19-40-39-15-13-14-17-41(39)50(43(40)28-37)44-26-35(20-21-48-44)47(8,9)10;/h13-15,17-26,29H,11-12,16H2,1-10H3;/q-2;+2. The zero-order valence-corrected chi connectivity index (χ0v) is 34.3. The van der Waals surface area contributed by atoms with Crippen molar-refractivity contribution in [2.45, 2.75) is 99.8 Å². The molecular weight excluding hydrogens is 743 g/mol. The van der Waals surface area contributed by atoms with Crippen LogP contribution in [-0.2, 0) is 32.3 Å². The van der Waals surface area contributed by atoms with Crippen LogP contribution >= 0.6 is 0 Å². The van der Waals surface area contributed by atoms with Gasteiger partial charge in [0.2, 0.25) is 0 Å². The molecule has 0 saturated carbocycles. The molecule has 0 amide bonds. The fourth-order valence-corrected chi connectivity index (χ4v) is 7.60. The number of rotatable bonds is 9. The average molecular weight is 793 g/mol. The first-order valence-electron chi connectivity index (χ1n) is 18.7. The minimum absolute atomic E-state index is 0. The van der Waals surface area contributed by atoms with Crippen molar-refractivity contribution < 1.29 is 25.2 Å². The van der Waals surface area contributed by atoms with Crippen LogP contribution in [0.15, 0.2) is 79.0 Å². The summed E-state index contributed by atoms with van der Waals surface area (Å²) in [5, 5.41) is 7.47. The zero-order valence-electron chi connectivity index (χ0n) is 32.7. The van der Waals surface area contributed by atoms with Gasteiger partial charge in [-0.25, -0.2) is 4.98 Å². The summed E-state index contributed by atoms with van der Waals surface area (Å²) in [5.74, 6) is 2.42. The smallest absolute Gasteiger partial charge is 0.509 e. The maximum absolute atomic E-state index is 6.71. The first-order chi connectivity index (χ1) is 24.8. The van der Waals surface area contributed by atoms with Crippen molar-refractivity contribution >= 4 is 21.8 Å². The Bertz CT molecular complexity index is 2420. The molecule has 0 unspecified atom stereocenters. The predicted molar refractivity (Wildman–Crippen MR) is 216 cm³/mol. The normalized spacial score (nSPS) is 11.8. The van der Waals surface area contributed by atoms with Crippen molar-refractivity contribution in [3.8, 4) is 34.1 Å². The molecule has 0 radical (unpaired) electrons. The van der Waals surface area contributed by atoms with Gasteiger partial charge in [-0.15, -0.1) is 41.3 Å². The van der Waals surface area contributed by atoms with Gasteiger partial charge in [0.05, 0.1) is 5.69 Å². The van der Waals surface area contributed by atoms with Crippen molar-refractivity contribution in [2.24, 2.45) is 0 Å². The van der Waals surface area contributed by atoms with Crippen LogP contribution < -0.4 is 4.74 Å². The van der Waals surface area contributed by atoms with E-state index >= 15 is 0 Å². The monoisotopic (exact) mass is 792 g/mol. The Hall–Kier alpha value is -4.50. The number of fused-ring (bicyclic) bond motifs is 3. The number of pyridine rings is 1. The van der Waals surface area contributed by atoms with Crippen molar-refractivity contribution in [1.29, 1.82) is 0 Å². The molecule has 0 saturated heterocycles. The van der Waals surface area contributed by atoms with Gasteiger partial charge in [0.1, 0.15) is 5.82 Å². The van der Waals surface area contributed by atoms with Crippen LogP contribution in [0.25, 0.3) is 44.4 Å². The fraction of sp³-hybridized carbons (Fsp3) is 0.319. The van der Waals surface area contributed by atoms with Crippen LogP contribution in [-0.4, -0.2) is 19.3 Å². The average Bonchev–Trinajstić information content (AvgIpc) is 3.60. The molecule has 0 bridgehead atoms. The second kappa shape index (κ2) is 15.1. The van der Waals surface area contributed by atoms with Gasteiger partial charge in [0.25, 0.3) is 0 Å². The van der Waals surface area contributed by atoms with Gasteiger partial charge in [-0.2, -0.15) is 11.2 Å². The molecule has 3 heterocycles. The van der Waals surface area contributed by atoms with Crippen molar-refractivity contribution in [1.82, 2.24) is 19.3 Å². The van der Waals surface area contributed by atoms with Gasteiger partial charge in [0.15, 0.2) is 0 Å². The van der Waals surface area contributed by atoms with E-state index in [9.17, 15) is 0 Å². The number of aryl methyl sites for hydroxylation is 4. The Kier molecular flexibility index (Phi) is 10.9. The summed E-state index contributed by atoms with van der Waals surface area (Å²) < 4.78 is 11.0.